The van der Waals surface area contributed by atoms with Gasteiger partial charge in [-0.05, 0) is 39.3 Å². The smallest absolute Gasteiger partial charge is 0.319 e. The molecule has 0 unspecified atom stereocenters. The van der Waals surface area contributed by atoms with Crippen molar-refractivity contribution in [2.45, 2.75) is 45.1 Å². The van der Waals surface area contributed by atoms with Crippen molar-refractivity contribution < 1.29 is 9.47 Å². The van der Waals surface area contributed by atoms with E-state index in [4.69, 9.17) is 19.4 Å². The number of hydrogen-bond donors (Lipinski definition) is 0. The first-order valence-corrected chi connectivity index (χ1v) is 10.8. The van der Waals surface area contributed by atoms with Gasteiger partial charge in [-0.2, -0.15) is 14.6 Å². The molecule has 1 aliphatic carbocycles. The molecule has 9 nitrogen and oxygen atoms in total. The number of rotatable bonds is 7. The van der Waals surface area contributed by atoms with Gasteiger partial charge in [0.25, 0.3) is 0 Å². The summed E-state index contributed by atoms with van der Waals surface area (Å²) in [5, 5.41) is 4.50. The third-order valence-electron chi connectivity index (χ3n) is 5.84. The minimum atomic E-state index is -0.170. The molecular weight excluding hydrogens is 406 g/mol. The van der Waals surface area contributed by atoms with E-state index in [2.05, 4.69) is 38.8 Å². The average Bonchev–Trinajstić information content (AvgIpc) is 3.39. The van der Waals surface area contributed by atoms with E-state index in [0.717, 1.165) is 34.8 Å². The van der Waals surface area contributed by atoms with Crippen molar-refractivity contribution in [2.24, 2.45) is 7.05 Å². The fraction of sp³-hybridized carbons (Fsp3) is 0.435. The third kappa shape index (κ3) is 3.73. The topological polar surface area (TPSA) is 92.8 Å². The number of ether oxygens (including phenoxy) is 2. The molecule has 3 aromatic heterocycles. The van der Waals surface area contributed by atoms with Crippen molar-refractivity contribution >= 4 is 11.0 Å². The fourth-order valence-electron chi connectivity index (χ4n) is 4.27. The molecule has 0 spiro atoms. The van der Waals surface area contributed by atoms with Crippen LogP contribution >= 0.6 is 0 Å². The van der Waals surface area contributed by atoms with Gasteiger partial charge < -0.3 is 14.0 Å². The van der Waals surface area contributed by atoms with Crippen molar-refractivity contribution in [2.75, 3.05) is 13.7 Å². The number of para-hydroxylation sites is 2. The van der Waals surface area contributed by atoms with Gasteiger partial charge in [-0.25, -0.2) is 9.97 Å². The molecule has 1 aliphatic rings. The zero-order chi connectivity index (χ0) is 22.4. The molecule has 5 rings (SSSR count). The Morgan fingerprint density at radius 1 is 1.09 bits per heavy atom. The van der Waals surface area contributed by atoms with E-state index in [-0.39, 0.29) is 12.0 Å². The summed E-state index contributed by atoms with van der Waals surface area (Å²) in [6, 6.07) is 10.5. The predicted octanol–water partition coefficient (Wildman–Crippen LogP) is 3.25. The number of hydrogen-bond acceptors (Lipinski definition) is 7. The van der Waals surface area contributed by atoms with E-state index >= 15 is 0 Å². The minimum absolute atomic E-state index is 0.170. The lowest BCUT2D eigenvalue weighted by Gasteiger charge is -2.14. The molecule has 1 fully saturated rings. The Labute approximate surface area is 186 Å². The van der Waals surface area contributed by atoms with E-state index in [9.17, 15) is 0 Å². The van der Waals surface area contributed by atoms with Gasteiger partial charge in [0, 0.05) is 32.1 Å². The van der Waals surface area contributed by atoms with Crippen LogP contribution < -0.4 is 4.74 Å². The zero-order valence-corrected chi connectivity index (χ0v) is 19.0. The van der Waals surface area contributed by atoms with Crippen molar-refractivity contribution in [3.05, 3.63) is 53.5 Å². The van der Waals surface area contributed by atoms with Gasteiger partial charge in [0.05, 0.1) is 23.3 Å². The molecule has 0 aliphatic heterocycles. The first-order valence-electron chi connectivity index (χ1n) is 10.8. The van der Waals surface area contributed by atoms with Crippen LogP contribution in [0.2, 0.25) is 0 Å². The van der Waals surface area contributed by atoms with Gasteiger partial charge in [-0.1, -0.05) is 12.1 Å². The molecule has 3 atom stereocenters. The lowest BCUT2D eigenvalue weighted by atomic mass is 10.2. The molecule has 166 valence electrons. The summed E-state index contributed by atoms with van der Waals surface area (Å²) in [4.78, 5) is 18.7. The van der Waals surface area contributed by atoms with Gasteiger partial charge in [-0.3, -0.25) is 0 Å². The maximum absolute atomic E-state index is 5.97. The highest BCUT2D eigenvalue weighted by atomic mass is 16.5. The fourth-order valence-corrected chi connectivity index (χ4v) is 4.27. The summed E-state index contributed by atoms with van der Waals surface area (Å²) in [7, 11) is 3.73. The van der Waals surface area contributed by atoms with Crippen LogP contribution in [0.25, 0.3) is 16.9 Å². The maximum atomic E-state index is 5.97. The van der Waals surface area contributed by atoms with Crippen LogP contribution in [-0.2, 0) is 11.8 Å². The summed E-state index contributed by atoms with van der Waals surface area (Å²) in [5.74, 6) is 3.76. The molecule has 1 saturated carbocycles. The Kier molecular flexibility index (Phi) is 5.13. The van der Waals surface area contributed by atoms with Gasteiger partial charge in [0.15, 0.2) is 5.82 Å². The maximum Gasteiger partial charge on any atom is 0.319 e. The van der Waals surface area contributed by atoms with Crippen LogP contribution in [0.1, 0.15) is 48.3 Å². The van der Waals surface area contributed by atoms with Gasteiger partial charge >= 0.3 is 6.01 Å². The van der Waals surface area contributed by atoms with E-state index in [1.54, 1.807) is 11.8 Å². The molecule has 3 heterocycles. The Balaban J connectivity index is 1.50. The SMILES string of the molecule is COC[C@@H](C)Oc1nc([C@@H]2C[C@H]2c2nc3ccccc3n2C)cc(-n2nc(C)nc2C)n1. The van der Waals surface area contributed by atoms with E-state index in [0.29, 0.717) is 30.2 Å². The second kappa shape index (κ2) is 7.98. The van der Waals surface area contributed by atoms with Crippen LogP contribution in [-0.4, -0.2) is 54.1 Å². The van der Waals surface area contributed by atoms with Crippen LogP contribution in [0.4, 0.5) is 0 Å². The van der Waals surface area contributed by atoms with Crippen LogP contribution in [0.3, 0.4) is 0 Å². The summed E-state index contributed by atoms with van der Waals surface area (Å²) in [5.41, 5.74) is 3.09. The van der Waals surface area contributed by atoms with Crippen molar-refractivity contribution in [1.82, 2.24) is 34.3 Å². The molecule has 0 amide bonds. The molecule has 4 aromatic rings. The standard InChI is InChI=1S/C23H27N7O2/c1-13(12-31-5)32-23-26-19(11-21(27-23)30-15(3)24-14(2)28-30)16-10-17(16)22-25-18-8-6-7-9-20(18)29(22)4/h6-9,11,13,16-17H,10,12H2,1-5H3/t13-,16-,17-/m1/s1. The molecule has 0 bridgehead atoms. The summed E-state index contributed by atoms with van der Waals surface area (Å²) < 4.78 is 15.1. The van der Waals surface area contributed by atoms with Crippen molar-refractivity contribution in [1.29, 1.82) is 0 Å². The number of nitrogens with zero attached hydrogens (tertiary/aromatic N) is 7. The monoisotopic (exact) mass is 433 g/mol. The zero-order valence-electron chi connectivity index (χ0n) is 19.0. The van der Waals surface area contributed by atoms with Gasteiger partial charge in [0.2, 0.25) is 0 Å². The van der Waals surface area contributed by atoms with Gasteiger partial charge in [-0.15, -0.1) is 5.10 Å². The van der Waals surface area contributed by atoms with Crippen LogP contribution in [0.5, 0.6) is 6.01 Å². The average molecular weight is 434 g/mol. The highest BCUT2D eigenvalue weighted by molar-refractivity contribution is 5.76. The molecule has 0 radical (unpaired) electrons. The van der Waals surface area contributed by atoms with E-state index < -0.39 is 0 Å². The summed E-state index contributed by atoms with van der Waals surface area (Å²) in [6.45, 7) is 6.17. The minimum Gasteiger partial charge on any atom is -0.458 e. The van der Waals surface area contributed by atoms with Crippen molar-refractivity contribution in [3.8, 4) is 11.8 Å². The Hall–Kier alpha value is -3.33. The lowest BCUT2D eigenvalue weighted by molar-refractivity contribution is 0.0853. The number of imidazole rings is 1. The number of aryl methyl sites for hydroxylation is 3. The first-order chi connectivity index (χ1) is 15.4. The van der Waals surface area contributed by atoms with E-state index in [1.165, 1.54) is 0 Å². The molecule has 0 N–H and O–H groups in total. The highest BCUT2D eigenvalue weighted by Gasteiger charge is 2.44. The van der Waals surface area contributed by atoms with Gasteiger partial charge in [0.1, 0.15) is 23.6 Å². The predicted molar refractivity (Wildman–Crippen MR) is 119 cm³/mol. The lowest BCUT2D eigenvalue weighted by Crippen LogP contribution is -2.20. The highest BCUT2D eigenvalue weighted by Crippen LogP contribution is 2.54. The van der Waals surface area contributed by atoms with Crippen LogP contribution in [0.15, 0.2) is 30.3 Å². The molecule has 0 saturated heterocycles. The largest absolute Gasteiger partial charge is 0.458 e. The quantitative estimate of drug-likeness (QED) is 0.442. The Morgan fingerprint density at radius 3 is 2.62 bits per heavy atom. The normalized spacial score (nSPS) is 18.8. The van der Waals surface area contributed by atoms with E-state index in [1.807, 2.05) is 39.0 Å². The molecule has 1 aromatic carbocycles. The second-order valence-corrected chi connectivity index (χ2v) is 8.40. The first kappa shape index (κ1) is 20.6. The molecule has 32 heavy (non-hydrogen) atoms. The number of fused-ring (bicyclic) bond motifs is 1. The third-order valence-corrected chi connectivity index (χ3v) is 5.84. The van der Waals surface area contributed by atoms with Crippen LogP contribution in [0, 0.1) is 13.8 Å². The number of aromatic nitrogens is 7. The van der Waals surface area contributed by atoms with Crippen molar-refractivity contribution in [3.63, 3.8) is 0 Å². The Bertz CT molecular complexity index is 1280. The Morgan fingerprint density at radius 2 is 1.91 bits per heavy atom. The number of methoxy groups -OCH3 is 1. The summed E-state index contributed by atoms with van der Waals surface area (Å²) >= 11 is 0. The summed E-state index contributed by atoms with van der Waals surface area (Å²) in [6.07, 6.45) is 0.812. The number of benzene rings is 1. The molecular formula is C23H27N7O2. The second-order valence-electron chi connectivity index (χ2n) is 8.40. The molecule has 9 heteroatoms.